The number of oxime groups is 1. The maximum absolute atomic E-state index is 13.2. The summed E-state index contributed by atoms with van der Waals surface area (Å²) in [7, 11) is 0. The van der Waals surface area contributed by atoms with Crippen molar-refractivity contribution in [3.8, 4) is 0 Å². The minimum Gasteiger partial charge on any atom is -0.480 e. The Kier molecular flexibility index (Phi) is 10.2. The zero-order chi connectivity index (χ0) is 29.5. The van der Waals surface area contributed by atoms with Crippen molar-refractivity contribution in [3.05, 3.63) is 22.3 Å². The number of thioether (sulfide) groups is 2. The number of unbranched alkanes of at least 4 members (excludes halogenated alkanes) is 3. The Morgan fingerprint density at radius 1 is 1.29 bits per heavy atom. The number of hydrogen-bond donors (Lipinski definition) is 4. The molecule has 2 aromatic rings. The summed E-state index contributed by atoms with van der Waals surface area (Å²) in [4.78, 5) is 60.1. The first-order valence-corrected chi connectivity index (χ1v) is 15.4. The number of aliphatic carboxylic acids is 2. The maximum Gasteiger partial charge on any atom is 0.352 e. The molecule has 2 aromatic heterocycles. The zero-order valence-corrected chi connectivity index (χ0v) is 24.2. The van der Waals surface area contributed by atoms with Crippen molar-refractivity contribution in [3.63, 3.8) is 0 Å². The van der Waals surface area contributed by atoms with Crippen molar-refractivity contribution < 1.29 is 34.2 Å². The van der Waals surface area contributed by atoms with E-state index in [4.69, 9.17) is 15.7 Å². The molecule has 1 fully saturated rings. The van der Waals surface area contributed by atoms with E-state index in [1.54, 1.807) is 5.38 Å². The Balaban J connectivity index is 1.44. The molecule has 41 heavy (non-hydrogen) atoms. The molecule has 2 aliphatic rings. The number of nitrogens with two attached hydrogens (primary N) is 1. The third kappa shape index (κ3) is 7.14. The summed E-state index contributed by atoms with van der Waals surface area (Å²) >= 11 is 3.47. The number of thiazole rings is 1. The van der Waals surface area contributed by atoms with E-state index in [0.717, 1.165) is 58.4 Å². The van der Waals surface area contributed by atoms with Gasteiger partial charge in [0.15, 0.2) is 10.8 Å². The molecule has 0 bridgehead atoms. The molecule has 0 aromatic carbocycles. The van der Waals surface area contributed by atoms with Crippen LogP contribution in [0.3, 0.4) is 0 Å². The molecule has 220 valence electrons. The van der Waals surface area contributed by atoms with Gasteiger partial charge < -0.3 is 26.1 Å². The largest absolute Gasteiger partial charge is 0.480 e. The van der Waals surface area contributed by atoms with E-state index in [2.05, 4.69) is 37.9 Å². The minimum atomic E-state index is -1.30. The second kappa shape index (κ2) is 13.8. The standard InChI is InChI=1S/C22H27N9O7S3/c1-2-3-4-5-6-38-27-14(12-10-40-21(23)24-12)17(34)25-15-18(35)31-16(20(36)37)11(8-39-19(15)31)9-41-22-26-28-29-30(22)7-13(32)33/h10,15,19H,2-9H2,1H3,(H2,23,24)(H,25,34)(H,32,33)(H,36,37)/t15?,19-/m1/s1. The fraction of sp³-hybridized carbons (Fsp3) is 0.500. The summed E-state index contributed by atoms with van der Waals surface area (Å²) in [5.41, 5.74) is 6.04. The van der Waals surface area contributed by atoms with Crippen LogP contribution < -0.4 is 11.1 Å². The number of carboxylic acid groups (broad SMARTS) is 2. The van der Waals surface area contributed by atoms with Crippen molar-refractivity contribution >= 4 is 69.5 Å². The highest BCUT2D eigenvalue weighted by atomic mass is 32.2. The molecule has 0 saturated carbocycles. The van der Waals surface area contributed by atoms with E-state index < -0.39 is 41.7 Å². The summed E-state index contributed by atoms with van der Waals surface area (Å²) in [6, 6.07) is -0.996. The second-order valence-corrected chi connectivity index (χ2v) is 11.8. The number of fused-ring (bicyclic) bond motifs is 1. The third-order valence-corrected chi connectivity index (χ3v) is 8.98. The van der Waals surface area contributed by atoms with Gasteiger partial charge in [-0.2, -0.15) is 0 Å². The predicted molar refractivity (Wildman–Crippen MR) is 149 cm³/mol. The number of nitrogens with one attached hydrogen (secondary N) is 1. The van der Waals surface area contributed by atoms with E-state index in [9.17, 15) is 24.3 Å². The Morgan fingerprint density at radius 3 is 2.78 bits per heavy atom. The lowest BCUT2D eigenvalue weighted by Crippen LogP contribution is -2.71. The van der Waals surface area contributed by atoms with Crippen LogP contribution in [-0.4, -0.2) is 99.3 Å². The zero-order valence-electron chi connectivity index (χ0n) is 21.8. The van der Waals surface area contributed by atoms with E-state index in [0.29, 0.717) is 12.2 Å². The van der Waals surface area contributed by atoms with Crippen LogP contribution in [0.1, 0.15) is 38.3 Å². The number of hydrogen-bond acceptors (Lipinski definition) is 14. The number of nitrogen functional groups attached to an aromatic ring is 1. The minimum absolute atomic E-state index is 0.111. The quantitative estimate of drug-likeness (QED) is 0.0700. The van der Waals surface area contributed by atoms with Gasteiger partial charge in [-0.25, -0.2) is 14.5 Å². The first-order chi connectivity index (χ1) is 19.7. The summed E-state index contributed by atoms with van der Waals surface area (Å²) < 4.78 is 1.08. The smallest absolute Gasteiger partial charge is 0.352 e. The predicted octanol–water partition coefficient (Wildman–Crippen LogP) is 0.628. The number of carboxylic acids is 2. The monoisotopic (exact) mass is 625 g/mol. The fourth-order valence-electron chi connectivity index (χ4n) is 3.99. The Bertz CT molecular complexity index is 1380. The Morgan fingerprint density at radius 2 is 2.10 bits per heavy atom. The molecule has 5 N–H and O–H groups in total. The molecule has 2 amide bonds. The van der Waals surface area contributed by atoms with Crippen molar-refractivity contribution in [1.29, 1.82) is 0 Å². The topological polar surface area (TPSA) is 228 Å². The summed E-state index contributed by atoms with van der Waals surface area (Å²) in [6.07, 6.45) is 3.84. The van der Waals surface area contributed by atoms with Crippen molar-refractivity contribution in [2.24, 2.45) is 5.16 Å². The van der Waals surface area contributed by atoms with Gasteiger partial charge in [0.1, 0.15) is 36.0 Å². The molecule has 16 nitrogen and oxygen atoms in total. The molecule has 1 unspecified atom stereocenters. The van der Waals surface area contributed by atoms with Crippen LogP contribution >= 0.6 is 34.9 Å². The first-order valence-electron chi connectivity index (χ1n) is 12.4. The molecule has 2 aliphatic heterocycles. The second-order valence-electron chi connectivity index (χ2n) is 8.82. The summed E-state index contributed by atoms with van der Waals surface area (Å²) in [6.45, 7) is 1.94. The summed E-state index contributed by atoms with van der Waals surface area (Å²) in [5.74, 6) is -3.37. The summed E-state index contributed by atoms with van der Waals surface area (Å²) in [5, 5.41) is 37.7. The van der Waals surface area contributed by atoms with E-state index in [1.807, 2.05) is 0 Å². The van der Waals surface area contributed by atoms with Crippen molar-refractivity contribution in [1.82, 2.24) is 35.4 Å². The molecule has 4 heterocycles. The van der Waals surface area contributed by atoms with Gasteiger partial charge in [0.25, 0.3) is 11.8 Å². The van der Waals surface area contributed by atoms with Gasteiger partial charge in [-0.3, -0.25) is 19.3 Å². The molecule has 2 atom stereocenters. The number of carbonyl (C=O) groups is 4. The molecular weight excluding hydrogens is 598 g/mol. The van der Waals surface area contributed by atoms with Crippen LogP contribution in [0.2, 0.25) is 0 Å². The number of amides is 2. The van der Waals surface area contributed by atoms with Crippen molar-refractivity contribution in [2.45, 2.75) is 55.7 Å². The highest BCUT2D eigenvalue weighted by Crippen LogP contribution is 2.41. The Labute approximate surface area is 245 Å². The van der Waals surface area contributed by atoms with Crippen LogP contribution in [0.25, 0.3) is 0 Å². The van der Waals surface area contributed by atoms with Gasteiger partial charge in [0.05, 0.1) is 0 Å². The number of nitrogens with zero attached hydrogens (tertiary/aromatic N) is 7. The number of anilines is 1. The van der Waals surface area contributed by atoms with Crippen molar-refractivity contribution in [2.75, 3.05) is 23.8 Å². The van der Waals surface area contributed by atoms with Gasteiger partial charge in [-0.1, -0.05) is 36.7 Å². The first kappa shape index (κ1) is 30.3. The lowest BCUT2D eigenvalue weighted by Gasteiger charge is -2.49. The van der Waals surface area contributed by atoms with Gasteiger partial charge in [-0.05, 0) is 28.8 Å². The normalized spacial score (nSPS) is 18.6. The van der Waals surface area contributed by atoms with E-state index in [1.165, 1.54) is 11.8 Å². The van der Waals surface area contributed by atoms with E-state index >= 15 is 0 Å². The molecular formula is C22H27N9O7S3. The van der Waals surface area contributed by atoms with Gasteiger partial charge >= 0.3 is 11.9 Å². The average molecular weight is 626 g/mol. The lowest BCUT2D eigenvalue weighted by atomic mass is 10.0. The number of tetrazole rings is 1. The van der Waals surface area contributed by atoms with Crippen LogP contribution in [0, 0.1) is 0 Å². The number of carbonyl (C=O) groups excluding carboxylic acids is 2. The van der Waals surface area contributed by atoms with Crippen LogP contribution in [0.15, 0.2) is 27.0 Å². The lowest BCUT2D eigenvalue weighted by molar-refractivity contribution is -0.150. The van der Waals surface area contributed by atoms with Crippen LogP contribution in [0.4, 0.5) is 5.13 Å². The molecule has 0 radical (unpaired) electrons. The average Bonchev–Trinajstić information content (AvgIpc) is 3.57. The molecule has 0 aliphatic carbocycles. The van der Waals surface area contributed by atoms with Gasteiger partial charge in [0, 0.05) is 16.9 Å². The molecule has 4 rings (SSSR count). The highest BCUT2D eigenvalue weighted by molar-refractivity contribution is 8.01. The third-order valence-electron chi connectivity index (χ3n) is 5.92. The highest BCUT2D eigenvalue weighted by Gasteiger charge is 2.54. The number of rotatable bonds is 15. The SMILES string of the molecule is CCCCCCON=C(C(=O)NC1C(=O)N2C(C(=O)O)=C(CSc3nnnn3CC(=O)O)CS[C@H]12)c1csc(N)n1. The maximum atomic E-state index is 13.2. The number of aromatic nitrogens is 5. The fourth-order valence-corrected chi connectivity index (χ4v) is 6.90. The Hall–Kier alpha value is -3.71. The molecule has 0 spiro atoms. The van der Waals surface area contributed by atoms with E-state index in [-0.39, 0.29) is 38.9 Å². The van der Waals surface area contributed by atoms with Crippen LogP contribution in [0.5, 0.6) is 0 Å². The van der Waals surface area contributed by atoms with Gasteiger partial charge in [0.2, 0.25) is 5.16 Å². The van der Waals surface area contributed by atoms with Crippen LogP contribution in [-0.2, 0) is 30.6 Å². The molecule has 1 saturated heterocycles. The van der Waals surface area contributed by atoms with Gasteiger partial charge in [-0.15, -0.1) is 28.2 Å². The number of β-lactam (4-membered cyclic amide) rings is 1. The molecule has 19 heteroatoms.